The summed E-state index contributed by atoms with van der Waals surface area (Å²) in [5.41, 5.74) is 5.59. The summed E-state index contributed by atoms with van der Waals surface area (Å²) >= 11 is 0. The van der Waals surface area contributed by atoms with E-state index < -0.39 is 0 Å². The van der Waals surface area contributed by atoms with Gasteiger partial charge in [0.15, 0.2) is 0 Å². The Balaban J connectivity index is 1.15. The lowest BCUT2D eigenvalue weighted by atomic mass is 9.67. The quantitative estimate of drug-likeness (QED) is 0.209. The van der Waals surface area contributed by atoms with Gasteiger partial charge < -0.3 is 16.4 Å². The van der Waals surface area contributed by atoms with E-state index in [0.717, 1.165) is 74.1 Å². The highest BCUT2D eigenvalue weighted by Crippen LogP contribution is 2.43. The van der Waals surface area contributed by atoms with Gasteiger partial charge in [-0.2, -0.15) is 0 Å². The fourth-order valence-corrected chi connectivity index (χ4v) is 7.24. The molecule has 2 fully saturated rings. The van der Waals surface area contributed by atoms with E-state index in [1.165, 1.54) is 83.5 Å². The van der Waals surface area contributed by atoms with Crippen LogP contribution in [0.5, 0.6) is 0 Å². The third-order valence-electron chi connectivity index (χ3n) is 9.20. The van der Waals surface area contributed by atoms with Crippen LogP contribution < -0.4 is 16.4 Å². The number of rotatable bonds is 16. The summed E-state index contributed by atoms with van der Waals surface area (Å²) in [4.78, 5) is 0. The predicted molar refractivity (Wildman–Crippen MR) is 138 cm³/mol. The molecule has 0 aromatic rings. The number of hydrogen-bond acceptors (Lipinski definition) is 3. The van der Waals surface area contributed by atoms with Crippen LogP contribution in [-0.4, -0.2) is 32.2 Å². The second kappa shape index (κ2) is 13.3. The molecule has 4 bridgehead atoms. The van der Waals surface area contributed by atoms with Crippen LogP contribution in [0, 0.1) is 35.5 Å². The van der Waals surface area contributed by atoms with Gasteiger partial charge in [0.2, 0.25) is 0 Å². The summed E-state index contributed by atoms with van der Waals surface area (Å²) in [6, 6.07) is 0.728. The zero-order chi connectivity index (χ0) is 22.0. The maximum absolute atomic E-state index is 5.59. The number of fused-ring (bicyclic) bond motifs is 4. The Bertz CT molecular complexity index is 543. The van der Waals surface area contributed by atoms with E-state index >= 15 is 0 Å². The molecule has 32 heavy (non-hydrogen) atoms. The Morgan fingerprint density at radius 3 is 1.75 bits per heavy atom. The van der Waals surface area contributed by atoms with Gasteiger partial charge in [0, 0.05) is 6.04 Å². The molecule has 3 heteroatoms. The highest BCUT2D eigenvalue weighted by atomic mass is 14.9. The largest absolute Gasteiger partial charge is 0.330 e. The van der Waals surface area contributed by atoms with E-state index in [0.29, 0.717) is 0 Å². The van der Waals surface area contributed by atoms with Crippen molar-refractivity contribution in [2.24, 2.45) is 41.2 Å². The lowest BCUT2D eigenvalue weighted by Gasteiger charge is -2.38. The summed E-state index contributed by atoms with van der Waals surface area (Å²) in [5, 5.41) is 7.49. The molecule has 2 saturated carbocycles. The lowest BCUT2D eigenvalue weighted by molar-refractivity contribution is 0.197. The molecule has 0 spiro atoms. The molecular weight excluding hydrogens is 390 g/mol. The highest BCUT2D eigenvalue weighted by Gasteiger charge is 2.32. The zero-order valence-corrected chi connectivity index (χ0v) is 20.7. The molecule has 0 aromatic carbocycles. The van der Waals surface area contributed by atoms with Gasteiger partial charge in [-0.15, -0.1) is 0 Å². The second-order valence-corrected chi connectivity index (χ2v) is 11.5. The van der Waals surface area contributed by atoms with Crippen LogP contribution in [0.4, 0.5) is 0 Å². The Labute approximate surface area is 198 Å². The molecule has 6 unspecified atom stereocenters. The van der Waals surface area contributed by atoms with Gasteiger partial charge in [-0.25, -0.2) is 0 Å². The van der Waals surface area contributed by atoms with Crippen molar-refractivity contribution in [1.29, 1.82) is 0 Å². The van der Waals surface area contributed by atoms with Gasteiger partial charge in [0.05, 0.1) is 0 Å². The molecule has 6 rings (SSSR count). The minimum absolute atomic E-state index is 0.728. The normalized spacial score (nSPS) is 33.8. The molecule has 182 valence electrons. The Morgan fingerprint density at radius 1 is 0.688 bits per heavy atom. The van der Waals surface area contributed by atoms with Crippen LogP contribution in [0.25, 0.3) is 0 Å². The highest BCUT2D eigenvalue weighted by molar-refractivity contribution is 5.06. The zero-order valence-electron chi connectivity index (χ0n) is 20.7. The molecule has 6 aliphatic rings. The van der Waals surface area contributed by atoms with E-state index in [1.54, 1.807) is 0 Å². The van der Waals surface area contributed by atoms with Crippen molar-refractivity contribution >= 4 is 0 Å². The number of nitrogens with one attached hydrogen (secondary N) is 2. The van der Waals surface area contributed by atoms with Crippen molar-refractivity contribution in [3.8, 4) is 0 Å². The van der Waals surface area contributed by atoms with Crippen molar-refractivity contribution in [3.05, 3.63) is 24.3 Å². The van der Waals surface area contributed by atoms with Gasteiger partial charge in [0.1, 0.15) is 0 Å². The van der Waals surface area contributed by atoms with E-state index in [2.05, 4.69) is 34.9 Å². The fraction of sp³-hybridized carbons (Fsp3) is 0.862. The number of nitrogens with two attached hydrogens (primary N) is 1. The van der Waals surface area contributed by atoms with E-state index in [-0.39, 0.29) is 0 Å². The monoisotopic (exact) mass is 441 g/mol. The smallest absolute Gasteiger partial charge is 0.00670 e. The molecule has 0 saturated heterocycles. The fourth-order valence-electron chi connectivity index (χ4n) is 7.24. The topological polar surface area (TPSA) is 50.1 Å². The molecule has 0 heterocycles. The third kappa shape index (κ3) is 7.43. The molecule has 0 aromatic heterocycles. The van der Waals surface area contributed by atoms with E-state index in [9.17, 15) is 0 Å². The Kier molecular flexibility index (Phi) is 10.2. The van der Waals surface area contributed by atoms with Crippen molar-refractivity contribution < 1.29 is 0 Å². The summed E-state index contributed by atoms with van der Waals surface area (Å²) in [6.07, 6.45) is 29.8. The first kappa shape index (κ1) is 24.5. The lowest BCUT2D eigenvalue weighted by Crippen LogP contribution is -2.33. The Hall–Kier alpha value is -0.640. The first-order chi connectivity index (χ1) is 15.8. The maximum Gasteiger partial charge on any atom is 0.00670 e. The summed E-state index contributed by atoms with van der Waals surface area (Å²) < 4.78 is 0. The molecule has 0 aliphatic heterocycles. The van der Waals surface area contributed by atoms with Crippen molar-refractivity contribution in [2.75, 3.05) is 26.2 Å². The van der Waals surface area contributed by atoms with Gasteiger partial charge in [0.25, 0.3) is 0 Å². The number of allylic oxidation sites excluding steroid dienone is 4. The standard InChI is InChI=1S/C29H51N3/c30-17-3-18-31-19-4-20-32-29(7-1-5-27-21-23-9-13-25(27)14-10-23)8-2-6-28-22-24-11-15-26(28)16-12-24/h9,11,13,15,23-29,31-32H,1-8,10,12,14,16-22,30H2. The van der Waals surface area contributed by atoms with Crippen molar-refractivity contribution in [2.45, 2.75) is 95.9 Å². The van der Waals surface area contributed by atoms with Crippen LogP contribution in [0.2, 0.25) is 0 Å². The summed E-state index contributed by atoms with van der Waals surface area (Å²) in [5.74, 6) is 5.59. The van der Waals surface area contributed by atoms with Gasteiger partial charge in [-0.1, -0.05) is 37.1 Å². The predicted octanol–water partition coefficient (Wildman–Crippen LogP) is 5.82. The molecule has 0 radical (unpaired) electrons. The van der Waals surface area contributed by atoms with E-state index in [4.69, 9.17) is 5.73 Å². The molecule has 4 N–H and O–H groups in total. The van der Waals surface area contributed by atoms with Gasteiger partial charge in [-0.05, 0) is 139 Å². The molecule has 3 nitrogen and oxygen atoms in total. The van der Waals surface area contributed by atoms with Gasteiger partial charge >= 0.3 is 0 Å². The first-order valence-corrected chi connectivity index (χ1v) is 14.3. The van der Waals surface area contributed by atoms with Crippen LogP contribution in [0.15, 0.2) is 24.3 Å². The summed E-state index contributed by atoms with van der Waals surface area (Å²) in [6.45, 7) is 4.14. The molecule has 6 atom stereocenters. The van der Waals surface area contributed by atoms with Crippen molar-refractivity contribution in [1.82, 2.24) is 10.6 Å². The maximum atomic E-state index is 5.59. The minimum atomic E-state index is 0.728. The van der Waals surface area contributed by atoms with Crippen LogP contribution in [0.1, 0.15) is 89.9 Å². The average molecular weight is 442 g/mol. The second-order valence-electron chi connectivity index (χ2n) is 11.5. The van der Waals surface area contributed by atoms with Crippen LogP contribution >= 0.6 is 0 Å². The summed E-state index contributed by atoms with van der Waals surface area (Å²) in [7, 11) is 0. The average Bonchev–Trinajstić information content (AvgIpc) is 2.84. The van der Waals surface area contributed by atoms with E-state index in [1.807, 2.05) is 0 Å². The molecular formula is C29H51N3. The Morgan fingerprint density at radius 2 is 1.28 bits per heavy atom. The van der Waals surface area contributed by atoms with Crippen molar-refractivity contribution in [3.63, 3.8) is 0 Å². The SMILES string of the molecule is NCCCNCCCNC(CCCC1CC2C=CC1CC2)CCCC1CC2C=CC1CC2. The van der Waals surface area contributed by atoms with Gasteiger partial charge in [-0.3, -0.25) is 0 Å². The van der Waals surface area contributed by atoms with Crippen LogP contribution in [0.3, 0.4) is 0 Å². The third-order valence-corrected chi connectivity index (χ3v) is 9.20. The number of hydrogen-bond donors (Lipinski definition) is 3. The minimum Gasteiger partial charge on any atom is -0.330 e. The molecule has 0 amide bonds. The molecule has 6 aliphatic carbocycles. The van der Waals surface area contributed by atoms with Crippen LogP contribution in [-0.2, 0) is 0 Å². The first-order valence-electron chi connectivity index (χ1n) is 14.3.